The standard InChI is InChI=1S/C17H8ClF6NO4S/c18-10-7-5-9(6-8-10)13-14(28-25-15(13)16(19,20)21)11-3-1-2-4-12(11)29-30(26,27)17(22,23)24/h1-8H. The van der Waals surface area contributed by atoms with Crippen LogP contribution in [0.4, 0.5) is 26.3 Å². The summed E-state index contributed by atoms with van der Waals surface area (Å²) in [6.45, 7) is 0. The molecule has 0 saturated carbocycles. The third kappa shape index (κ3) is 4.24. The molecule has 13 heteroatoms. The predicted molar refractivity (Wildman–Crippen MR) is 93.0 cm³/mol. The summed E-state index contributed by atoms with van der Waals surface area (Å²) in [5, 5.41) is 3.20. The highest BCUT2D eigenvalue weighted by Crippen LogP contribution is 2.45. The molecule has 0 aliphatic heterocycles. The van der Waals surface area contributed by atoms with Gasteiger partial charge in [0.1, 0.15) is 0 Å². The fourth-order valence-corrected chi connectivity index (χ4v) is 3.05. The second kappa shape index (κ2) is 7.51. The second-order valence-corrected chi connectivity index (χ2v) is 7.69. The fourth-order valence-electron chi connectivity index (χ4n) is 2.44. The van der Waals surface area contributed by atoms with Gasteiger partial charge in [0.05, 0.1) is 11.1 Å². The van der Waals surface area contributed by atoms with Crippen molar-refractivity contribution in [1.82, 2.24) is 5.16 Å². The van der Waals surface area contributed by atoms with Gasteiger partial charge in [0, 0.05) is 5.02 Å². The van der Waals surface area contributed by atoms with E-state index in [0.717, 1.165) is 18.2 Å². The maximum absolute atomic E-state index is 13.4. The quantitative estimate of drug-likeness (QED) is 0.269. The van der Waals surface area contributed by atoms with Gasteiger partial charge in [-0.15, -0.1) is 0 Å². The lowest BCUT2D eigenvalue weighted by atomic mass is 9.99. The lowest BCUT2D eigenvalue weighted by Crippen LogP contribution is -2.28. The van der Waals surface area contributed by atoms with Crippen molar-refractivity contribution in [2.24, 2.45) is 0 Å². The molecule has 0 saturated heterocycles. The van der Waals surface area contributed by atoms with Gasteiger partial charge in [-0.3, -0.25) is 0 Å². The van der Waals surface area contributed by atoms with Gasteiger partial charge in [0.25, 0.3) is 0 Å². The molecule has 1 aromatic heterocycles. The maximum atomic E-state index is 13.4. The van der Waals surface area contributed by atoms with Crippen molar-refractivity contribution in [2.75, 3.05) is 0 Å². The average Bonchev–Trinajstić information content (AvgIpc) is 3.07. The molecule has 0 spiro atoms. The Kier molecular flexibility index (Phi) is 5.50. The molecule has 3 rings (SSSR count). The molecule has 2 aromatic carbocycles. The first-order chi connectivity index (χ1) is 13.8. The Bertz CT molecular complexity index is 1170. The summed E-state index contributed by atoms with van der Waals surface area (Å²) < 4.78 is 110. The van der Waals surface area contributed by atoms with Gasteiger partial charge in [0.2, 0.25) is 0 Å². The van der Waals surface area contributed by atoms with Crippen LogP contribution in [0.25, 0.3) is 22.5 Å². The van der Waals surface area contributed by atoms with Crippen molar-refractivity contribution in [1.29, 1.82) is 0 Å². The Hall–Kier alpha value is -2.73. The maximum Gasteiger partial charge on any atom is 0.534 e. The van der Waals surface area contributed by atoms with Crippen LogP contribution in [0.5, 0.6) is 5.75 Å². The van der Waals surface area contributed by atoms with Crippen molar-refractivity contribution in [3.8, 4) is 28.2 Å². The zero-order chi connectivity index (χ0) is 22.3. The highest BCUT2D eigenvalue weighted by Gasteiger charge is 2.49. The minimum absolute atomic E-state index is 0.0727. The lowest BCUT2D eigenvalue weighted by Gasteiger charge is -2.13. The van der Waals surface area contributed by atoms with E-state index in [1.807, 2.05) is 0 Å². The van der Waals surface area contributed by atoms with Crippen LogP contribution in [-0.2, 0) is 16.3 Å². The number of benzene rings is 2. The first-order valence-electron chi connectivity index (χ1n) is 7.74. The monoisotopic (exact) mass is 471 g/mol. The first kappa shape index (κ1) is 22.0. The Morgan fingerprint density at radius 2 is 1.53 bits per heavy atom. The molecule has 0 bridgehead atoms. The SMILES string of the molecule is O=S(=O)(Oc1ccccc1-c1onc(C(F)(F)F)c1-c1ccc(Cl)cc1)C(F)(F)F. The van der Waals surface area contributed by atoms with E-state index in [9.17, 15) is 34.8 Å². The summed E-state index contributed by atoms with van der Waals surface area (Å²) >= 11 is 5.75. The van der Waals surface area contributed by atoms with Crippen LogP contribution in [0.3, 0.4) is 0 Å². The molecule has 0 amide bonds. The lowest BCUT2D eigenvalue weighted by molar-refractivity contribution is -0.142. The molecular formula is C17H8ClF6NO4S. The number of aromatic nitrogens is 1. The van der Waals surface area contributed by atoms with E-state index in [4.69, 9.17) is 16.1 Å². The smallest absolute Gasteiger partial charge is 0.375 e. The molecule has 0 fully saturated rings. The van der Waals surface area contributed by atoms with Gasteiger partial charge in [-0.1, -0.05) is 41.0 Å². The number of hydrogen-bond donors (Lipinski definition) is 0. The van der Waals surface area contributed by atoms with Crippen LogP contribution in [0.15, 0.2) is 53.1 Å². The van der Waals surface area contributed by atoms with Gasteiger partial charge in [-0.05, 0) is 29.8 Å². The van der Waals surface area contributed by atoms with Crippen molar-refractivity contribution in [3.63, 3.8) is 0 Å². The van der Waals surface area contributed by atoms with Crippen LogP contribution < -0.4 is 4.18 Å². The molecule has 1 heterocycles. The summed E-state index contributed by atoms with van der Waals surface area (Å²) in [7, 11) is -6.09. The van der Waals surface area contributed by atoms with E-state index in [0.29, 0.717) is 0 Å². The van der Waals surface area contributed by atoms with Crippen molar-refractivity contribution in [3.05, 3.63) is 59.2 Å². The van der Waals surface area contributed by atoms with Crippen molar-refractivity contribution in [2.45, 2.75) is 11.7 Å². The highest BCUT2D eigenvalue weighted by molar-refractivity contribution is 7.88. The van der Waals surface area contributed by atoms with E-state index in [1.165, 1.54) is 30.3 Å². The van der Waals surface area contributed by atoms with Crippen LogP contribution in [0.1, 0.15) is 5.69 Å². The third-order valence-electron chi connectivity index (χ3n) is 3.71. The Morgan fingerprint density at radius 1 is 0.933 bits per heavy atom. The highest BCUT2D eigenvalue weighted by atomic mass is 35.5. The van der Waals surface area contributed by atoms with E-state index in [-0.39, 0.29) is 10.6 Å². The van der Waals surface area contributed by atoms with E-state index >= 15 is 0 Å². The molecule has 0 atom stereocenters. The molecular weight excluding hydrogens is 464 g/mol. The fraction of sp³-hybridized carbons (Fsp3) is 0.118. The molecule has 0 unspecified atom stereocenters. The number of halogens is 7. The summed E-state index contributed by atoms with van der Waals surface area (Å²) in [5.74, 6) is -1.53. The normalized spacial score (nSPS) is 12.8. The Balaban J connectivity index is 2.23. The molecule has 0 radical (unpaired) electrons. The molecule has 30 heavy (non-hydrogen) atoms. The van der Waals surface area contributed by atoms with Crippen molar-refractivity contribution < 1.29 is 43.5 Å². The van der Waals surface area contributed by atoms with Gasteiger partial charge in [0.15, 0.2) is 17.2 Å². The van der Waals surface area contributed by atoms with Crippen LogP contribution >= 0.6 is 11.6 Å². The zero-order valence-electron chi connectivity index (χ0n) is 14.3. The third-order valence-corrected chi connectivity index (χ3v) is 4.93. The topological polar surface area (TPSA) is 69.4 Å². The predicted octanol–water partition coefficient (Wildman–Crippen LogP) is 5.91. The molecule has 5 nitrogen and oxygen atoms in total. The molecule has 0 N–H and O–H groups in total. The number of para-hydroxylation sites is 1. The minimum Gasteiger partial charge on any atom is -0.375 e. The summed E-state index contributed by atoms with van der Waals surface area (Å²) in [5.41, 5.74) is -8.40. The number of rotatable bonds is 4. The summed E-state index contributed by atoms with van der Waals surface area (Å²) in [6, 6.07) is 9.22. The number of hydrogen-bond acceptors (Lipinski definition) is 5. The number of nitrogens with zero attached hydrogens (tertiary/aromatic N) is 1. The number of alkyl halides is 6. The van der Waals surface area contributed by atoms with E-state index in [1.54, 1.807) is 0 Å². The molecule has 0 aliphatic rings. The van der Waals surface area contributed by atoms with Crippen LogP contribution in [0, 0.1) is 0 Å². The van der Waals surface area contributed by atoms with Crippen LogP contribution in [0.2, 0.25) is 5.02 Å². The van der Waals surface area contributed by atoms with Crippen molar-refractivity contribution >= 4 is 21.7 Å². The zero-order valence-corrected chi connectivity index (χ0v) is 15.8. The average molecular weight is 472 g/mol. The molecule has 3 aromatic rings. The Labute approximate surface area is 169 Å². The first-order valence-corrected chi connectivity index (χ1v) is 9.53. The van der Waals surface area contributed by atoms with Gasteiger partial charge >= 0.3 is 21.8 Å². The van der Waals surface area contributed by atoms with E-state index in [2.05, 4.69) is 9.34 Å². The second-order valence-electron chi connectivity index (χ2n) is 5.72. The summed E-state index contributed by atoms with van der Waals surface area (Å²) in [6.07, 6.45) is -4.98. The Morgan fingerprint density at radius 3 is 2.10 bits per heavy atom. The van der Waals surface area contributed by atoms with Gasteiger partial charge in [-0.2, -0.15) is 34.8 Å². The van der Waals surface area contributed by atoms with Crippen LogP contribution in [-0.4, -0.2) is 19.1 Å². The van der Waals surface area contributed by atoms with Gasteiger partial charge < -0.3 is 8.71 Å². The van der Waals surface area contributed by atoms with E-state index < -0.39 is 50.1 Å². The van der Waals surface area contributed by atoms with Gasteiger partial charge in [-0.25, -0.2) is 0 Å². The summed E-state index contributed by atoms with van der Waals surface area (Å²) in [4.78, 5) is 0. The minimum atomic E-state index is -6.09. The largest absolute Gasteiger partial charge is 0.534 e. The molecule has 0 aliphatic carbocycles. The molecule has 160 valence electrons.